The molecule has 0 amide bonds. The van der Waals surface area contributed by atoms with E-state index in [4.69, 9.17) is 0 Å². The van der Waals surface area contributed by atoms with Crippen molar-refractivity contribution in [3.8, 4) is 0 Å². The lowest BCUT2D eigenvalue weighted by molar-refractivity contribution is -0.199. The fourth-order valence-corrected chi connectivity index (χ4v) is 5.44. The van der Waals surface area contributed by atoms with Gasteiger partial charge in [0.2, 0.25) is 0 Å². The molecule has 32 heavy (non-hydrogen) atoms. The third-order valence-corrected chi connectivity index (χ3v) is 7.24. The summed E-state index contributed by atoms with van der Waals surface area (Å²) in [6.07, 6.45) is 3.72. The first-order chi connectivity index (χ1) is 14.9. The second-order valence-corrected chi connectivity index (χ2v) is 9.76. The summed E-state index contributed by atoms with van der Waals surface area (Å²) in [7, 11) is 0. The normalized spacial score (nSPS) is 25.2. The summed E-state index contributed by atoms with van der Waals surface area (Å²) in [6.45, 7) is 2.28. The van der Waals surface area contributed by atoms with Crippen LogP contribution in [-0.2, 0) is 11.5 Å². The van der Waals surface area contributed by atoms with E-state index in [1.54, 1.807) is 13.1 Å². The van der Waals surface area contributed by atoms with E-state index in [9.17, 15) is 22.4 Å². The molecule has 3 aliphatic carbocycles. The Morgan fingerprint density at radius 2 is 1.94 bits per heavy atom. The Morgan fingerprint density at radius 3 is 2.56 bits per heavy atom. The molecule has 3 fully saturated rings. The number of pyridine rings is 1. The highest BCUT2D eigenvalue weighted by Gasteiger charge is 2.70. The Labute approximate surface area is 189 Å². The summed E-state index contributed by atoms with van der Waals surface area (Å²) in [5.74, 6) is -4.00. The Balaban J connectivity index is 1.56. The summed E-state index contributed by atoms with van der Waals surface area (Å²) in [5, 5.41) is 3.54. The average Bonchev–Trinajstić information content (AvgIpc) is 2.67. The smallest absolute Gasteiger partial charge is 0.273 e. The predicted octanol–water partition coefficient (Wildman–Crippen LogP) is 5.58. The fourth-order valence-electron chi connectivity index (χ4n) is 4.93. The molecule has 10 heteroatoms. The lowest BCUT2D eigenvalue weighted by atomic mass is 9.47. The highest BCUT2D eigenvalue weighted by Crippen LogP contribution is 2.67. The van der Waals surface area contributed by atoms with Crippen LogP contribution in [0, 0.1) is 5.82 Å². The predicted molar refractivity (Wildman–Crippen MR) is 115 cm³/mol. The summed E-state index contributed by atoms with van der Waals surface area (Å²) >= 11 is 3.31. The molecule has 3 aromatic rings. The third-order valence-electron chi connectivity index (χ3n) is 6.53. The highest BCUT2D eigenvalue weighted by atomic mass is 79.9. The first-order valence-corrected chi connectivity index (χ1v) is 10.9. The van der Waals surface area contributed by atoms with Crippen LogP contribution in [0.4, 0.5) is 23.4 Å². The van der Waals surface area contributed by atoms with Crippen LogP contribution >= 0.6 is 15.9 Å². The van der Waals surface area contributed by atoms with Crippen molar-refractivity contribution in [2.24, 2.45) is 0 Å². The van der Waals surface area contributed by atoms with Crippen LogP contribution in [0.3, 0.4) is 0 Å². The van der Waals surface area contributed by atoms with Gasteiger partial charge in [0.1, 0.15) is 28.1 Å². The van der Waals surface area contributed by atoms with Gasteiger partial charge in [-0.1, -0.05) is 18.2 Å². The van der Waals surface area contributed by atoms with Crippen LogP contribution in [0.1, 0.15) is 50.3 Å². The van der Waals surface area contributed by atoms with Gasteiger partial charge in [0.15, 0.2) is 0 Å². The molecule has 2 bridgehead atoms. The maximum Gasteiger partial charge on any atom is 0.273 e. The Morgan fingerprint density at radius 1 is 1.25 bits per heavy atom. The van der Waals surface area contributed by atoms with E-state index >= 15 is 0 Å². The average molecular weight is 511 g/mol. The Kier molecular flexibility index (Phi) is 4.51. The highest BCUT2D eigenvalue weighted by molar-refractivity contribution is 9.10. The molecule has 5 nitrogen and oxygen atoms in total. The number of nitrogens with one attached hydrogen (secondary N) is 1. The summed E-state index contributed by atoms with van der Waals surface area (Å²) in [5.41, 5.74) is -2.31. The van der Waals surface area contributed by atoms with E-state index in [2.05, 4.69) is 31.2 Å². The van der Waals surface area contributed by atoms with Crippen molar-refractivity contribution in [2.75, 3.05) is 5.32 Å². The quantitative estimate of drug-likeness (QED) is 0.455. The molecule has 1 N–H and O–H groups in total. The fraction of sp³-hybridized carbons (Fsp3) is 0.409. The monoisotopic (exact) mass is 510 g/mol. The Bertz CT molecular complexity index is 1300. The van der Waals surface area contributed by atoms with E-state index in [-0.39, 0.29) is 34.9 Å². The molecule has 0 saturated heterocycles. The van der Waals surface area contributed by atoms with Gasteiger partial charge in [-0.05, 0) is 22.9 Å². The van der Waals surface area contributed by atoms with Gasteiger partial charge in [0, 0.05) is 37.9 Å². The van der Waals surface area contributed by atoms with Crippen molar-refractivity contribution < 1.29 is 17.6 Å². The molecule has 0 aliphatic heterocycles. The van der Waals surface area contributed by atoms with Gasteiger partial charge < -0.3 is 9.88 Å². The minimum atomic E-state index is -3.32. The van der Waals surface area contributed by atoms with Crippen LogP contribution in [0.2, 0.25) is 0 Å². The molecule has 1 aromatic carbocycles. The number of anilines is 1. The summed E-state index contributed by atoms with van der Waals surface area (Å²) in [4.78, 5) is 21.3. The zero-order chi connectivity index (χ0) is 23.1. The maximum atomic E-state index is 14.8. The molecule has 3 aliphatic rings. The van der Waals surface area contributed by atoms with Gasteiger partial charge in [-0.2, -0.15) is 0 Å². The van der Waals surface area contributed by atoms with E-state index < -0.39 is 34.6 Å². The molecule has 6 rings (SSSR count). The van der Waals surface area contributed by atoms with Gasteiger partial charge in [-0.15, -0.1) is 0 Å². The van der Waals surface area contributed by atoms with E-state index in [0.717, 1.165) is 6.07 Å². The maximum absolute atomic E-state index is 14.8. The lowest BCUT2D eigenvalue weighted by Crippen LogP contribution is -2.71. The molecule has 0 unspecified atom stereocenters. The van der Waals surface area contributed by atoms with E-state index in [0.29, 0.717) is 23.6 Å². The van der Waals surface area contributed by atoms with Crippen molar-refractivity contribution in [3.05, 3.63) is 62.5 Å². The lowest BCUT2D eigenvalue weighted by Gasteiger charge is -2.66. The van der Waals surface area contributed by atoms with E-state index in [1.807, 2.05) is 0 Å². The number of fused-ring (bicyclic) bond motifs is 1. The molecular weight excluding hydrogens is 492 g/mol. The van der Waals surface area contributed by atoms with Crippen molar-refractivity contribution in [3.63, 3.8) is 0 Å². The third kappa shape index (κ3) is 3.06. The number of aromatic nitrogens is 3. The zero-order valence-corrected chi connectivity index (χ0v) is 18.8. The molecule has 2 heterocycles. The van der Waals surface area contributed by atoms with E-state index in [1.165, 1.54) is 23.0 Å². The molecule has 1 atom stereocenters. The number of alkyl halides is 3. The summed E-state index contributed by atoms with van der Waals surface area (Å²) < 4.78 is 58.2. The molecule has 168 valence electrons. The first kappa shape index (κ1) is 21.4. The molecule has 0 spiro atoms. The number of halogens is 5. The first-order valence-electron chi connectivity index (χ1n) is 10.1. The van der Waals surface area contributed by atoms with Crippen LogP contribution < -0.4 is 10.9 Å². The molecular formula is C22H19BrF4N4O. The Hall–Kier alpha value is -2.49. The topological polar surface area (TPSA) is 59.8 Å². The van der Waals surface area contributed by atoms with Gasteiger partial charge >= 0.3 is 0 Å². The van der Waals surface area contributed by atoms with Crippen molar-refractivity contribution in [1.82, 2.24) is 14.5 Å². The minimum absolute atomic E-state index is 0.0574. The van der Waals surface area contributed by atoms with Crippen molar-refractivity contribution in [1.29, 1.82) is 0 Å². The zero-order valence-electron chi connectivity index (χ0n) is 17.2. The van der Waals surface area contributed by atoms with Crippen molar-refractivity contribution >= 4 is 32.7 Å². The SMILES string of the molecule is C[C@H](Nc1ncnc2c(Br)c(=O)n(C34CC(F)(C3)C4)cc12)c1cccc(C(C)(F)F)c1F. The standard InChI is InChI=1S/C22H19BrF4N4O/c1-11(12-4-3-5-14(16(12)24)20(2,25)26)30-18-13-6-31(22-7-21(27,8-22)9-22)19(32)15(23)17(13)28-10-29-18/h3-6,10-11H,7-9H2,1-2H3,(H,28,29,30)/t11-,21?,22?/m0/s1. The van der Waals surface area contributed by atoms with Gasteiger partial charge in [0.05, 0.1) is 28.0 Å². The van der Waals surface area contributed by atoms with Crippen LogP contribution in [0.25, 0.3) is 10.9 Å². The minimum Gasteiger partial charge on any atom is -0.363 e. The van der Waals surface area contributed by atoms with Crippen LogP contribution in [-0.4, -0.2) is 20.2 Å². The van der Waals surface area contributed by atoms with Gasteiger partial charge in [-0.25, -0.2) is 27.5 Å². The molecule has 2 aromatic heterocycles. The molecule has 0 radical (unpaired) electrons. The van der Waals surface area contributed by atoms with Crippen LogP contribution in [0.5, 0.6) is 0 Å². The second-order valence-electron chi connectivity index (χ2n) is 8.97. The molecule has 3 saturated carbocycles. The largest absolute Gasteiger partial charge is 0.363 e. The van der Waals surface area contributed by atoms with Crippen molar-refractivity contribution in [2.45, 2.75) is 56.3 Å². The number of benzene rings is 1. The summed E-state index contributed by atoms with van der Waals surface area (Å²) in [6, 6.07) is 3.16. The van der Waals surface area contributed by atoms with Crippen LogP contribution in [0.15, 0.2) is 40.0 Å². The number of hydrogen-bond acceptors (Lipinski definition) is 4. The second kappa shape index (κ2) is 6.76. The van der Waals surface area contributed by atoms with Gasteiger partial charge in [0.25, 0.3) is 11.5 Å². The van der Waals surface area contributed by atoms with Gasteiger partial charge in [-0.3, -0.25) is 4.79 Å². The number of rotatable bonds is 5. The number of nitrogens with zero attached hydrogens (tertiary/aromatic N) is 3. The number of hydrogen-bond donors (Lipinski definition) is 1.